The Labute approximate surface area is 163 Å². The number of carbonyl (C=O) groups is 1. The molecule has 3 aliphatic rings. The first-order valence-corrected chi connectivity index (χ1v) is 9.51. The van der Waals surface area contributed by atoms with Crippen molar-refractivity contribution in [2.45, 2.75) is 32.6 Å². The van der Waals surface area contributed by atoms with Crippen LogP contribution < -0.4 is 14.8 Å². The second-order valence-corrected chi connectivity index (χ2v) is 8.68. The van der Waals surface area contributed by atoms with Crippen LogP contribution in [0.15, 0.2) is 47.7 Å². The van der Waals surface area contributed by atoms with Gasteiger partial charge in [0.2, 0.25) is 6.79 Å². The van der Waals surface area contributed by atoms with Gasteiger partial charge in [-0.3, -0.25) is 4.79 Å². The molecule has 2 aliphatic heterocycles. The van der Waals surface area contributed by atoms with Gasteiger partial charge < -0.3 is 14.8 Å². The molecular weight excluding hydrogens is 362 g/mol. The van der Waals surface area contributed by atoms with E-state index in [4.69, 9.17) is 21.1 Å². The van der Waals surface area contributed by atoms with Crippen LogP contribution in [0.2, 0.25) is 5.02 Å². The molecule has 2 aromatic rings. The molecule has 4 nitrogen and oxygen atoms in total. The van der Waals surface area contributed by atoms with E-state index in [1.54, 1.807) is 0 Å². The van der Waals surface area contributed by atoms with Crippen molar-refractivity contribution in [3.8, 4) is 11.5 Å². The normalized spacial score (nSPS) is 22.2. The van der Waals surface area contributed by atoms with Gasteiger partial charge in [0.1, 0.15) is 0 Å². The van der Waals surface area contributed by atoms with Gasteiger partial charge in [-0.25, -0.2) is 0 Å². The lowest BCUT2D eigenvalue weighted by atomic mass is 9.68. The lowest BCUT2D eigenvalue weighted by molar-refractivity contribution is -0.118. The number of rotatable bonds is 1. The maximum absolute atomic E-state index is 13.2. The van der Waals surface area contributed by atoms with Crippen molar-refractivity contribution >= 4 is 23.1 Å². The van der Waals surface area contributed by atoms with Crippen molar-refractivity contribution in [2.75, 3.05) is 12.1 Å². The predicted molar refractivity (Wildman–Crippen MR) is 105 cm³/mol. The molecule has 0 radical (unpaired) electrons. The summed E-state index contributed by atoms with van der Waals surface area (Å²) in [4.78, 5) is 13.2. The second kappa shape index (κ2) is 5.77. The van der Waals surface area contributed by atoms with Gasteiger partial charge in [0, 0.05) is 40.4 Å². The minimum atomic E-state index is -0.159. The third-order valence-corrected chi connectivity index (χ3v) is 5.77. The van der Waals surface area contributed by atoms with Crippen molar-refractivity contribution < 1.29 is 14.3 Å². The van der Waals surface area contributed by atoms with E-state index in [2.05, 4.69) is 19.2 Å². The summed E-state index contributed by atoms with van der Waals surface area (Å²) in [5.41, 5.74) is 4.80. The Kier molecular flexibility index (Phi) is 3.57. The van der Waals surface area contributed by atoms with Crippen molar-refractivity contribution in [1.82, 2.24) is 0 Å². The van der Waals surface area contributed by atoms with Gasteiger partial charge in [-0.2, -0.15) is 0 Å². The molecule has 0 unspecified atom stereocenters. The Hall–Kier alpha value is -2.46. The third-order valence-electron chi connectivity index (χ3n) is 5.53. The summed E-state index contributed by atoms with van der Waals surface area (Å²) >= 11 is 6.28. The van der Waals surface area contributed by atoms with Crippen LogP contribution >= 0.6 is 11.6 Å². The summed E-state index contributed by atoms with van der Waals surface area (Å²) in [6.45, 7) is 4.50. The molecule has 1 aliphatic carbocycles. The molecule has 27 heavy (non-hydrogen) atoms. The molecule has 5 rings (SSSR count). The largest absolute Gasteiger partial charge is 0.454 e. The van der Waals surface area contributed by atoms with Gasteiger partial charge in [0.05, 0.1) is 0 Å². The zero-order chi connectivity index (χ0) is 18.8. The number of hydrogen-bond acceptors (Lipinski definition) is 4. The highest BCUT2D eigenvalue weighted by molar-refractivity contribution is 6.30. The zero-order valence-corrected chi connectivity index (χ0v) is 16.0. The molecule has 2 aromatic carbocycles. The molecular formula is C22H20ClNO3. The molecule has 0 aromatic heterocycles. The van der Waals surface area contributed by atoms with Gasteiger partial charge in [-0.15, -0.1) is 0 Å². The second-order valence-electron chi connectivity index (χ2n) is 8.24. The van der Waals surface area contributed by atoms with E-state index >= 15 is 0 Å². The molecule has 0 saturated carbocycles. The van der Waals surface area contributed by atoms with Crippen LogP contribution in [0.5, 0.6) is 11.5 Å². The average molecular weight is 382 g/mol. The van der Waals surface area contributed by atoms with E-state index in [0.29, 0.717) is 11.4 Å². The summed E-state index contributed by atoms with van der Waals surface area (Å²) in [6.07, 6.45) is 1.38. The van der Waals surface area contributed by atoms with E-state index < -0.39 is 0 Å². The number of anilines is 1. The molecule has 1 N–H and O–H groups in total. The SMILES string of the molecule is CC1(C)CC(=O)C2=C(C1)Nc1cc3c(cc1[C@H]2c1cccc(Cl)c1)OCO3. The molecule has 2 heterocycles. The number of fused-ring (bicyclic) bond motifs is 2. The van der Waals surface area contributed by atoms with Crippen LogP contribution in [0.3, 0.4) is 0 Å². The Morgan fingerprint density at radius 1 is 1.11 bits per heavy atom. The average Bonchev–Trinajstić information content (AvgIpc) is 3.04. The quantitative estimate of drug-likeness (QED) is 0.731. The standard InChI is InChI=1S/C22H20ClNO3/c1-22(2)9-16-21(17(25)10-22)20(12-4-3-5-13(23)6-12)14-7-18-19(27-11-26-18)8-15(14)24-16/h3-8,20,24H,9-11H2,1-2H3/t20-/m1/s1. The first kappa shape index (κ1) is 16.7. The van der Waals surface area contributed by atoms with E-state index in [1.165, 1.54) is 0 Å². The molecule has 138 valence electrons. The van der Waals surface area contributed by atoms with Crippen LogP contribution in [0.1, 0.15) is 43.7 Å². The highest BCUT2D eigenvalue weighted by atomic mass is 35.5. The van der Waals surface area contributed by atoms with Crippen molar-refractivity contribution in [2.24, 2.45) is 5.41 Å². The van der Waals surface area contributed by atoms with Gasteiger partial charge >= 0.3 is 0 Å². The summed E-state index contributed by atoms with van der Waals surface area (Å²) in [7, 11) is 0. The van der Waals surface area contributed by atoms with Crippen LogP contribution in [-0.2, 0) is 4.79 Å². The number of benzene rings is 2. The number of ketones is 1. The summed E-state index contributed by atoms with van der Waals surface area (Å²) in [5, 5.41) is 4.19. The first-order valence-electron chi connectivity index (χ1n) is 9.14. The van der Waals surface area contributed by atoms with Crippen LogP contribution in [0.4, 0.5) is 5.69 Å². The fourth-order valence-electron chi connectivity index (χ4n) is 4.44. The summed E-state index contributed by atoms with van der Waals surface area (Å²) < 4.78 is 11.1. The van der Waals surface area contributed by atoms with E-state index in [9.17, 15) is 4.79 Å². The van der Waals surface area contributed by atoms with Crippen LogP contribution in [-0.4, -0.2) is 12.6 Å². The van der Waals surface area contributed by atoms with Crippen molar-refractivity contribution in [1.29, 1.82) is 0 Å². The Morgan fingerprint density at radius 3 is 2.67 bits per heavy atom. The number of Topliss-reactive ketones (excluding diaryl/α,β-unsaturated/α-hetero) is 1. The molecule has 1 atom stereocenters. The molecule has 0 amide bonds. The maximum Gasteiger partial charge on any atom is 0.231 e. The van der Waals surface area contributed by atoms with E-state index in [1.807, 2.05) is 36.4 Å². The number of allylic oxidation sites excluding steroid dienone is 2. The molecule has 5 heteroatoms. The summed E-state index contributed by atoms with van der Waals surface area (Å²) in [6, 6.07) is 11.7. The number of carbonyl (C=O) groups excluding carboxylic acids is 1. The fourth-order valence-corrected chi connectivity index (χ4v) is 4.64. The number of hydrogen-bond donors (Lipinski definition) is 1. The summed E-state index contributed by atoms with van der Waals surface area (Å²) in [5.74, 6) is 1.49. The fraction of sp³-hybridized carbons (Fsp3) is 0.318. The van der Waals surface area contributed by atoms with Gasteiger partial charge in [-0.05, 0) is 41.2 Å². The van der Waals surface area contributed by atoms with Gasteiger partial charge in [0.25, 0.3) is 0 Å². The zero-order valence-electron chi connectivity index (χ0n) is 15.3. The maximum atomic E-state index is 13.2. The van der Waals surface area contributed by atoms with E-state index in [0.717, 1.165) is 46.0 Å². The van der Waals surface area contributed by atoms with Crippen LogP contribution in [0, 0.1) is 5.41 Å². The minimum absolute atomic E-state index is 0.0599. The smallest absolute Gasteiger partial charge is 0.231 e. The van der Waals surface area contributed by atoms with Crippen molar-refractivity contribution in [3.63, 3.8) is 0 Å². The molecule has 0 bridgehead atoms. The van der Waals surface area contributed by atoms with Crippen LogP contribution in [0.25, 0.3) is 0 Å². The number of nitrogens with one attached hydrogen (secondary N) is 1. The highest BCUT2D eigenvalue weighted by Crippen LogP contribution is 2.51. The predicted octanol–water partition coefficient (Wildman–Crippen LogP) is 5.27. The highest BCUT2D eigenvalue weighted by Gasteiger charge is 2.41. The minimum Gasteiger partial charge on any atom is -0.454 e. The Bertz CT molecular complexity index is 1010. The number of ether oxygens (including phenoxy) is 2. The lowest BCUT2D eigenvalue weighted by Gasteiger charge is -2.39. The topological polar surface area (TPSA) is 47.6 Å². The van der Waals surface area contributed by atoms with E-state index in [-0.39, 0.29) is 23.9 Å². The molecule has 0 fully saturated rings. The molecule has 0 spiro atoms. The lowest BCUT2D eigenvalue weighted by Crippen LogP contribution is -2.33. The Morgan fingerprint density at radius 2 is 1.89 bits per heavy atom. The Balaban J connectivity index is 1.74. The van der Waals surface area contributed by atoms with Crippen molar-refractivity contribution in [3.05, 3.63) is 63.8 Å². The first-order chi connectivity index (χ1) is 12.9. The monoisotopic (exact) mass is 381 g/mol. The molecule has 0 saturated heterocycles. The van der Waals surface area contributed by atoms with Gasteiger partial charge in [0.15, 0.2) is 17.3 Å². The van der Waals surface area contributed by atoms with Gasteiger partial charge in [-0.1, -0.05) is 37.6 Å². The third kappa shape index (κ3) is 2.71. The number of halogens is 1.